The molecule has 1 amide bonds. The monoisotopic (exact) mass is 337 g/mol. The molecule has 5 heteroatoms. The first-order valence-corrected chi connectivity index (χ1v) is 8.33. The SMILES string of the molecule is CCN(CC)c1ncc(C(=O)Nc2ccc(F)cc2)c2ccccc12. The summed E-state index contributed by atoms with van der Waals surface area (Å²) in [6, 6.07) is 13.4. The highest BCUT2D eigenvalue weighted by Gasteiger charge is 2.16. The van der Waals surface area contributed by atoms with Crippen molar-refractivity contribution in [3.8, 4) is 0 Å². The summed E-state index contributed by atoms with van der Waals surface area (Å²) < 4.78 is 13.0. The maximum Gasteiger partial charge on any atom is 0.257 e. The summed E-state index contributed by atoms with van der Waals surface area (Å²) in [6.45, 7) is 5.84. The van der Waals surface area contributed by atoms with Crippen LogP contribution in [0.1, 0.15) is 24.2 Å². The van der Waals surface area contributed by atoms with E-state index in [4.69, 9.17) is 0 Å². The first kappa shape index (κ1) is 16.9. The van der Waals surface area contributed by atoms with Crippen molar-refractivity contribution >= 4 is 28.2 Å². The number of nitrogens with one attached hydrogen (secondary N) is 1. The van der Waals surface area contributed by atoms with E-state index in [0.717, 1.165) is 29.7 Å². The van der Waals surface area contributed by atoms with Crippen molar-refractivity contribution in [2.24, 2.45) is 0 Å². The van der Waals surface area contributed by atoms with E-state index in [1.165, 1.54) is 24.3 Å². The number of aromatic nitrogens is 1. The molecule has 0 radical (unpaired) electrons. The summed E-state index contributed by atoms with van der Waals surface area (Å²) in [4.78, 5) is 19.4. The molecule has 0 saturated carbocycles. The lowest BCUT2D eigenvalue weighted by Crippen LogP contribution is -2.23. The molecule has 0 aliphatic carbocycles. The van der Waals surface area contributed by atoms with Crippen molar-refractivity contribution in [3.63, 3.8) is 0 Å². The van der Waals surface area contributed by atoms with Crippen molar-refractivity contribution in [1.82, 2.24) is 4.98 Å². The zero-order chi connectivity index (χ0) is 17.8. The van der Waals surface area contributed by atoms with Crippen molar-refractivity contribution in [2.75, 3.05) is 23.3 Å². The van der Waals surface area contributed by atoms with Gasteiger partial charge in [-0.3, -0.25) is 4.79 Å². The second-order valence-corrected chi connectivity index (χ2v) is 5.67. The van der Waals surface area contributed by atoms with Crippen molar-refractivity contribution in [3.05, 3.63) is 66.1 Å². The van der Waals surface area contributed by atoms with E-state index in [0.29, 0.717) is 11.3 Å². The van der Waals surface area contributed by atoms with Crippen LogP contribution in [0.3, 0.4) is 0 Å². The van der Waals surface area contributed by atoms with Crippen LogP contribution in [0.2, 0.25) is 0 Å². The molecule has 0 aliphatic heterocycles. The Morgan fingerprint density at radius 3 is 2.32 bits per heavy atom. The van der Waals surface area contributed by atoms with Crippen LogP contribution < -0.4 is 10.2 Å². The Balaban J connectivity index is 2.00. The predicted molar refractivity (Wildman–Crippen MR) is 99.7 cm³/mol. The van der Waals surface area contributed by atoms with Crippen LogP contribution in [-0.2, 0) is 0 Å². The van der Waals surface area contributed by atoms with Gasteiger partial charge in [-0.15, -0.1) is 0 Å². The fourth-order valence-corrected chi connectivity index (χ4v) is 2.87. The van der Waals surface area contributed by atoms with Gasteiger partial charge in [0.15, 0.2) is 0 Å². The number of amides is 1. The normalized spacial score (nSPS) is 10.7. The van der Waals surface area contributed by atoms with Gasteiger partial charge in [0.2, 0.25) is 0 Å². The average Bonchev–Trinajstić information content (AvgIpc) is 2.64. The van der Waals surface area contributed by atoms with E-state index in [9.17, 15) is 9.18 Å². The topological polar surface area (TPSA) is 45.2 Å². The number of benzene rings is 2. The molecule has 0 bridgehead atoms. The third-order valence-electron chi connectivity index (χ3n) is 4.18. The zero-order valence-corrected chi connectivity index (χ0v) is 14.3. The number of anilines is 2. The van der Waals surface area contributed by atoms with Crippen molar-refractivity contribution in [1.29, 1.82) is 0 Å². The Bertz CT molecular complexity index is 889. The van der Waals surface area contributed by atoms with E-state index in [1.54, 1.807) is 6.20 Å². The molecule has 4 nitrogen and oxygen atoms in total. The Morgan fingerprint density at radius 1 is 1.04 bits per heavy atom. The molecule has 1 aromatic heterocycles. The molecular formula is C20H20FN3O. The molecule has 2 aromatic carbocycles. The van der Waals surface area contributed by atoms with Crippen molar-refractivity contribution < 1.29 is 9.18 Å². The fraction of sp³-hybridized carbons (Fsp3) is 0.200. The van der Waals surface area contributed by atoms with Crippen LogP contribution in [0.25, 0.3) is 10.8 Å². The lowest BCUT2D eigenvalue weighted by molar-refractivity contribution is 0.102. The minimum atomic E-state index is -0.339. The van der Waals surface area contributed by atoms with Gasteiger partial charge in [0.25, 0.3) is 5.91 Å². The number of fused-ring (bicyclic) bond motifs is 1. The van der Waals surface area contributed by atoms with E-state index < -0.39 is 0 Å². The molecule has 3 rings (SSSR count). The third kappa shape index (κ3) is 3.45. The molecule has 0 spiro atoms. The maximum atomic E-state index is 13.0. The summed E-state index contributed by atoms with van der Waals surface area (Å²) in [6.07, 6.45) is 1.61. The predicted octanol–water partition coefficient (Wildman–Crippen LogP) is 4.47. The van der Waals surface area contributed by atoms with Gasteiger partial charge < -0.3 is 10.2 Å². The van der Waals surface area contributed by atoms with Crippen LogP contribution in [0.15, 0.2) is 54.7 Å². The Morgan fingerprint density at radius 2 is 1.68 bits per heavy atom. The maximum absolute atomic E-state index is 13.0. The summed E-state index contributed by atoms with van der Waals surface area (Å²) in [5.41, 5.74) is 1.04. The number of pyridine rings is 1. The van der Waals surface area contributed by atoms with Gasteiger partial charge in [-0.25, -0.2) is 9.37 Å². The minimum absolute atomic E-state index is 0.263. The molecule has 1 heterocycles. The summed E-state index contributed by atoms with van der Waals surface area (Å²) in [5.74, 6) is 0.272. The van der Waals surface area contributed by atoms with Gasteiger partial charge in [-0.2, -0.15) is 0 Å². The highest BCUT2D eigenvalue weighted by molar-refractivity contribution is 6.14. The zero-order valence-electron chi connectivity index (χ0n) is 14.3. The highest BCUT2D eigenvalue weighted by Crippen LogP contribution is 2.27. The number of halogens is 1. The van der Waals surface area contributed by atoms with Crippen LogP contribution >= 0.6 is 0 Å². The number of hydrogen-bond donors (Lipinski definition) is 1. The van der Waals surface area contributed by atoms with E-state index in [1.807, 2.05) is 24.3 Å². The largest absolute Gasteiger partial charge is 0.357 e. The van der Waals surface area contributed by atoms with Gasteiger partial charge in [-0.05, 0) is 43.5 Å². The Hall–Kier alpha value is -2.95. The summed E-state index contributed by atoms with van der Waals surface area (Å²) >= 11 is 0. The van der Waals surface area contributed by atoms with Crippen LogP contribution in [0.4, 0.5) is 15.9 Å². The van der Waals surface area contributed by atoms with E-state index in [-0.39, 0.29) is 11.7 Å². The number of nitrogens with zero attached hydrogens (tertiary/aromatic N) is 2. The van der Waals surface area contributed by atoms with Gasteiger partial charge in [0.1, 0.15) is 11.6 Å². The van der Waals surface area contributed by atoms with Gasteiger partial charge in [0, 0.05) is 30.4 Å². The lowest BCUT2D eigenvalue weighted by Gasteiger charge is -2.22. The quantitative estimate of drug-likeness (QED) is 0.747. The number of rotatable bonds is 5. The molecule has 3 aromatic rings. The fourth-order valence-electron chi connectivity index (χ4n) is 2.87. The average molecular weight is 337 g/mol. The van der Waals surface area contributed by atoms with Crippen LogP contribution in [-0.4, -0.2) is 24.0 Å². The molecule has 128 valence electrons. The molecule has 0 saturated heterocycles. The molecule has 0 fully saturated rings. The van der Waals surface area contributed by atoms with Gasteiger partial charge in [-0.1, -0.05) is 24.3 Å². The minimum Gasteiger partial charge on any atom is -0.357 e. The number of hydrogen-bond acceptors (Lipinski definition) is 3. The molecular weight excluding hydrogens is 317 g/mol. The molecule has 1 N–H and O–H groups in total. The first-order chi connectivity index (χ1) is 12.1. The number of carbonyl (C=O) groups is 1. The first-order valence-electron chi connectivity index (χ1n) is 8.33. The molecule has 0 atom stereocenters. The van der Waals surface area contributed by atoms with Crippen LogP contribution in [0.5, 0.6) is 0 Å². The Kier molecular flexibility index (Phi) is 4.93. The van der Waals surface area contributed by atoms with Gasteiger partial charge >= 0.3 is 0 Å². The smallest absolute Gasteiger partial charge is 0.257 e. The number of carbonyl (C=O) groups excluding carboxylic acids is 1. The molecule has 0 aliphatic rings. The second kappa shape index (κ2) is 7.30. The van der Waals surface area contributed by atoms with Crippen molar-refractivity contribution in [2.45, 2.75) is 13.8 Å². The standard InChI is InChI=1S/C20H20FN3O/c1-3-24(4-2)19-17-8-6-5-7-16(17)18(13-22-19)20(25)23-15-11-9-14(21)10-12-15/h5-13H,3-4H2,1-2H3,(H,23,25). The van der Waals surface area contributed by atoms with Gasteiger partial charge in [0.05, 0.1) is 5.56 Å². The third-order valence-corrected chi connectivity index (χ3v) is 4.18. The Labute approximate surface area is 146 Å². The molecule has 25 heavy (non-hydrogen) atoms. The highest BCUT2D eigenvalue weighted by atomic mass is 19.1. The van der Waals surface area contributed by atoms with E-state index >= 15 is 0 Å². The summed E-state index contributed by atoms with van der Waals surface area (Å²) in [7, 11) is 0. The molecule has 0 unspecified atom stereocenters. The van der Waals surface area contributed by atoms with Crippen LogP contribution in [0, 0.1) is 5.82 Å². The second-order valence-electron chi connectivity index (χ2n) is 5.67. The lowest BCUT2D eigenvalue weighted by atomic mass is 10.1. The van der Waals surface area contributed by atoms with E-state index in [2.05, 4.69) is 29.0 Å². The summed E-state index contributed by atoms with van der Waals surface area (Å²) in [5, 5.41) is 4.58.